The molecule has 6 heteroatoms. The van der Waals surface area contributed by atoms with Crippen molar-refractivity contribution in [2.75, 3.05) is 38.0 Å². The zero-order chi connectivity index (χ0) is 16.8. The van der Waals surface area contributed by atoms with Crippen molar-refractivity contribution < 1.29 is 4.79 Å². The van der Waals surface area contributed by atoms with Gasteiger partial charge in [-0.25, -0.2) is 4.98 Å². The number of amides is 1. The van der Waals surface area contributed by atoms with E-state index in [1.54, 1.807) is 11.3 Å². The van der Waals surface area contributed by atoms with Crippen LogP contribution in [0.2, 0.25) is 0 Å². The zero-order valence-electron chi connectivity index (χ0n) is 14.9. The van der Waals surface area contributed by atoms with E-state index in [0.717, 1.165) is 60.9 Å². The number of hydrogen-bond acceptors (Lipinski definition) is 5. The Morgan fingerprint density at radius 1 is 1.30 bits per heavy atom. The van der Waals surface area contributed by atoms with Crippen molar-refractivity contribution in [3.05, 3.63) is 9.88 Å². The molecule has 23 heavy (non-hydrogen) atoms. The van der Waals surface area contributed by atoms with Crippen LogP contribution in [0.25, 0.3) is 0 Å². The lowest BCUT2D eigenvalue weighted by Crippen LogP contribution is -2.32. The van der Waals surface area contributed by atoms with Gasteiger partial charge in [0.15, 0.2) is 0 Å². The molecule has 1 aliphatic heterocycles. The van der Waals surface area contributed by atoms with E-state index in [4.69, 9.17) is 4.98 Å². The lowest BCUT2D eigenvalue weighted by Gasteiger charge is -2.29. The molecule has 0 radical (unpaired) electrons. The van der Waals surface area contributed by atoms with Gasteiger partial charge in [0.2, 0.25) is 0 Å². The van der Waals surface area contributed by atoms with E-state index < -0.39 is 0 Å². The monoisotopic (exact) mass is 338 g/mol. The smallest absolute Gasteiger partial charge is 0.267 e. The first-order chi connectivity index (χ1) is 11.1. The van der Waals surface area contributed by atoms with Gasteiger partial charge in [-0.2, -0.15) is 0 Å². The van der Waals surface area contributed by atoms with Crippen LogP contribution in [0.5, 0.6) is 0 Å². The minimum atomic E-state index is 0.0990. The topological polar surface area (TPSA) is 48.5 Å². The first-order valence-corrected chi connectivity index (χ1v) is 9.65. The summed E-state index contributed by atoms with van der Waals surface area (Å²) in [5.41, 5.74) is 0. The Labute approximate surface area is 144 Å². The molecule has 0 saturated carbocycles. The highest BCUT2D eigenvalue weighted by Crippen LogP contribution is 2.27. The van der Waals surface area contributed by atoms with E-state index in [1.807, 2.05) is 25.7 Å². The average molecular weight is 339 g/mol. The van der Waals surface area contributed by atoms with Crippen LogP contribution in [0.1, 0.15) is 55.2 Å². The Kier molecular flexibility index (Phi) is 6.84. The van der Waals surface area contributed by atoms with Crippen LogP contribution in [0.3, 0.4) is 0 Å². The van der Waals surface area contributed by atoms with Crippen LogP contribution >= 0.6 is 11.3 Å². The van der Waals surface area contributed by atoms with Gasteiger partial charge < -0.3 is 10.2 Å². The molecule has 0 unspecified atom stereocenters. The molecule has 1 aromatic heterocycles. The van der Waals surface area contributed by atoms with E-state index >= 15 is 0 Å². The van der Waals surface area contributed by atoms with E-state index in [0.29, 0.717) is 0 Å². The van der Waals surface area contributed by atoms with Gasteiger partial charge in [-0.15, -0.1) is 11.3 Å². The highest BCUT2D eigenvalue weighted by molar-refractivity contribution is 7.14. The number of nitrogens with zero attached hydrogens (tertiary/aromatic N) is 3. The molecule has 1 fully saturated rings. The second kappa shape index (κ2) is 8.64. The summed E-state index contributed by atoms with van der Waals surface area (Å²) in [6, 6.07) is 0. The molecule has 2 rings (SSSR count). The fourth-order valence-corrected chi connectivity index (χ4v) is 3.98. The van der Waals surface area contributed by atoms with Crippen molar-refractivity contribution in [3.8, 4) is 0 Å². The number of carbonyl (C=O) groups excluding carboxylic acids is 1. The zero-order valence-corrected chi connectivity index (χ0v) is 15.7. The maximum absolute atomic E-state index is 12.7. The van der Waals surface area contributed by atoms with E-state index in [-0.39, 0.29) is 5.91 Å². The molecule has 2 heterocycles. The lowest BCUT2D eigenvalue weighted by molar-refractivity contribution is 0.0778. The first-order valence-electron chi connectivity index (χ1n) is 8.84. The number of thiazole rings is 1. The van der Waals surface area contributed by atoms with Crippen LogP contribution < -0.4 is 5.32 Å². The maximum Gasteiger partial charge on any atom is 0.267 e. The summed E-state index contributed by atoms with van der Waals surface area (Å²) in [5, 5.41) is 4.31. The fourth-order valence-electron chi connectivity index (χ4n) is 2.93. The van der Waals surface area contributed by atoms with Gasteiger partial charge in [0.05, 0.1) is 6.54 Å². The molecular formula is C17H30N4OS. The average Bonchev–Trinajstić information content (AvgIpc) is 2.93. The van der Waals surface area contributed by atoms with Crippen molar-refractivity contribution in [2.24, 2.45) is 5.92 Å². The molecule has 1 N–H and O–H groups in total. The molecule has 130 valence electrons. The summed E-state index contributed by atoms with van der Waals surface area (Å²) in [7, 11) is 0. The molecule has 1 aromatic rings. The van der Waals surface area contributed by atoms with Crippen molar-refractivity contribution in [2.45, 2.75) is 47.1 Å². The lowest BCUT2D eigenvalue weighted by atomic mass is 9.99. The molecule has 5 nitrogen and oxygen atoms in total. The Balaban J connectivity index is 2.12. The summed E-state index contributed by atoms with van der Waals surface area (Å²) in [6.07, 6.45) is 2.52. The number of hydrogen-bond donors (Lipinski definition) is 1. The molecule has 0 spiro atoms. The normalized spacial score (nSPS) is 16.5. The molecule has 1 aliphatic rings. The van der Waals surface area contributed by atoms with E-state index in [9.17, 15) is 4.79 Å². The van der Waals surface area contributed by atoms with Gasteiger partial charge in [0.1, 0.15) is 15.7 Å². The molecular weight excluding hydrogens is 308 g/mol. The highest BCUT2D eigenvalue weighted by Gasteiger charge is 2.23. The quantitative estimate of drug-likeness (QED) is 0.829. The summed E-state index contributed by atoms with van der Waals surface area (Å²) < 4.78 is 0. The van der Waals surface area contributed by atoms with Crippen molar-refractivity contribution in [3.63, 3.8) is 0 Å². The Morgan fingerprint density at radius 2 is 1.96 bits per heavy atom. The van der Waals surface area contributed by atoms with Gasteiger partial charge >= 0.3 is 0 Å². The number of aromatic nitrogens is 1. The first kappa shape index (κ1) is 18.2. The van der Waals surface area contributed by atoms with Crippen molar-refractivity contribution >= 4 is 23.1 Å². The van der Waals surface area contributed by atoms with Gasteiger partial charge in [-0.05, 0) is 52.6 Å². The third kappa shape index (κ3) is 4.67. The third-order valence-corrected chi connectivity index (χ3v) is 5.52. The maximum atomic E-state index is 12.7. The van der Waals surface area contributed by atoms with Crippen molar-refractivity contribution in [1.29, 1.82) is 0 Å². The predicted octanol–water partition coefficient (Wildman–Crippen LogP) is 3.29. The van der Waals surface area contributed by atoms with Crippen molar-refractivity contribution in [1.82, 2.24) is 14.8 Å². The Bertz CT molecular complexity index is 505. The standard InChI is InChI=1S/C17H30N4OS/c1-5-18-16-15(17(22)21(6-2)7-3)23-14(19-16)12-20-10-8-13(4)9-11-20/h13,18H,5-12H2,1-4H3. The summed E-state index contributed by atoms with van der Waals surface area (Å²) in [5.74, 6) is 1.69. The molecule has 0 bridgehead atoms. The van der Waals surface area contributed by atoms with E-state index in [2.05, 4.69) is 17.1 Å². The predicted molar refractivity (Wildman–Crippen MR) is 97.2 cm³/mol. The highest BCUT2D eigenvalue weighted by atomic mass is 32.1. The summed E-state index contributed by atoms with van der Waals surface area (Å²) in [4.78, 5) is 22.5. The SMILES string of the molecule is CCNc1nc(CN2CCC(C)CC2)sc1C(=O)N(CC)CC. The summed E-state index contributed by atoms with van der Waals surface area (Å²) >= 11 is 1.55. The van der Waals surface area contributed by atoms with Gasteiger partial charge in [0.25, 0.3) is 5.91 Å². The number of anilines is 1. The summed E-state index contributed by atoms with van der Waals surface area (Å²) in [6.45, 7) is 13.8. The van der Waals surface area contributed by atoms with Crippen LogP contribution in [-0.2, 0) is 6.54 Å². The van der Waals surface area contributed by atoms with Crippen LogP contribution in [0, 0.1) is 5.92 Å². The van der Waals surface area contributed by atoms with Gasteiger partial charge in [0, 0.05) is 19.6 Å². The van der Waals surface area contributed by atoms with Gasteiger partial charge in [-0.3, -0.25) is 9.69 Å². The number of carbonyl (C=O) groups is 1. The number of rotatable bonds is 7. The van der Waals surface area contributed by atoms with Crippen LogP contribution in [-0.4, -0.2) is 53.4 Å². The molecule has 1 saturated heterocycles. The largest absolute Gasteiger partial charge is 0.369 e. The minimum absolute atomic E-state index is 0.0990. The number of likely N-dealkylation sites (tertiary alicyclic amines) is 1. The molecule has 0 atom stereocenters. The third-order valence-electron chi connectivity index (χ3n) is 4.50. The number of nitrogens with one attached hydrogen (secondary N) is 1. The Hall–Kier alpha value is -1.14. The molecule has 0 aliphatic carbocycles. The van der Waals surface area contributed by atoms with Crippen LogP contribution in [0.15, 0.2) is 0 Å². The molecule has 1 amide bonds. The number of piperidine rings is 1. The Morgan fingerprint density at radius 3 is 2.52 bits per heavy atom. The van der Waals surface area contributed by atoms with Gasteiger partial charge in [-0.1, -0.05) is 6.92 Å². The minimum Gasteiger partial charge on any atom is -0.369 e. The second-order valence-corrected chi connectivity index (χ2v) is 7.34. The molecule has 0 aromatic carbocycles. The fraction of sp³-hybridized carbons (Fsp3) is 0.765. The second-order valence-electron chi connectivity index (χ2n) is 6.25. The van der Waals surface area contributed by atoms with E-state index in [1.165, 1.54) is 12.8 Å². The van der Waals surface area contributed by atoms with Crippen LogP contribution in [0.4, 0.5) is 5.82 Å².